The summed E-state index contributed by atoms with van der Waals surface area (Å²) in [6.07, 6.45) is 4.36. The minimum Gasteiger partial charge on any atom is -0.465 e. The molecule has 0 bridgehead atoms. The molecule has 0 saturated carbocycles. The van der Waals surface area contributed by atoms with Crippen LogP contribution in [0, 0.1) is 0 Å². The molecule has 3 aromatic rings. The number of anilines is 1. The molecular formula is C19H17N3O4S. The molecule has 0 spiro atoms. The molecule has 0 saturated heterocycles. The molecule has 1 amide bonds. The van der Waals surface area contributed by atoms with Gasteiger partial charge in [-0.25, -0.2) is 9.78 Å². The Morgan fingerprint density at radius 3 is 3.00 bits per heavy atom. The number of carbonyl (C=O) groups is 2. The number of benzene rings is 1. The maximum Gasteiger partial charge on any atom is 0.337 e. The van der Waals surface area contributed by atoms with Gasteiger partial charge >= 0.3 is 5.97 Å². The minimum absolute atomic E-state index is 0.144. The number of nitrogens with zero attached hydrogens (tertiary/aromatic N) is 2. The van der Waals surface area contributed by atoms with Crippen molar-refractivity contribution < 1.29 is 14.3 Å². The van der Waals surface area contributed by atoms with Crippen LogP contribution in [0.15, 0.2) is 35.4 Å². The van der Waals surface area contributed by atoms with E-state index in [9.17, 15) is 14.4 Å². The van der Waals surface area contributed by atoms with Gasteiger partial charge in [-0.2, -0.15) is 0 Å². The molecule has 27 heavy (non-hydrogen) atoms. The third-order valence-corrected chi connectivity index (χ3v) is 5.77. The van der Waals surface area contributed by atoms with Gasteiger partial charge in [0.05, 0.1) is 24.4 Å². The van der Waals surface area contributed by atoms with Gasteiger partial charge < -0.3 is 10.1 Å². The normalized spacial score (nSPS) is 12.8. The van der Waals surface area contributed by atoms with Crippen molar-refractivity contribution in [2.24, 2.45) is 0 Å². The van der Waals surface area contributed by atoms with Gasteiger partial charge in [-0.15, -0.1) is 11.3 Å². The molecule has 1 aliphatic carbocycles. The fourth-order valence-electron chi connectivity index (χ4n) is 3.33. The highest BCUT2D eigenvalue weighted by molar-refractivity contribution is 7.18. The predicted molar refractivity (Wildman–Crippen MR) is 102 cm³/mol. The fraction of sp³-hybridized carbons (Fsp3) is 0.263. The van der Waals surface area contributed by atoms with Crippen molar-refractivity contribution in [1.29, 1.82) is 0 Å². The SMILES string of the molecule is COC(=O)c1cccc(NC(=O)Cn2cnc3sc4c(c3c2=O)CCC4)c1. The summed E-state index contributed by atoms with van der Waals surface area (Å²) in [5.41, 5.74) is 1.71. The van der Waals surface area contributed by atoms with Crippen molar-refractivity contribution in [2.75, 3.05) is 12.4 Å². The van der Waals surface area contributed by atoms with E-state index in [4.69, 9.17) is 0 Å². The van der Waals surface area contributed by atoms with E-state index in [1.807, 2.05) is 0 Å². The Balaban J connectivity index is 1.56. The van der Waals surface area contributed by atoms with E-state index >= 15 is 0 Å². The van der Waals surface area contributed by atoms with Gasteiger partial charge in [0, 0.05) is 10.6 Å². The number of nitrogens with one attached hydrogen (secondary N) is 1. The number of methoxy groups -OCH3 is 1. The van der Waals surface area contributed by atoms with Crippen molar-refractivity contribution in [3.05, 3.63) is 57.0 Å². The third-order valence-electron chi connectivity index (χ3n) is 4.57. The molecule has 1 aromatic carbocycles. The molecule has 0 atom stereocenters. The number of fused-ring (bicyclic) bond motifs is 3. The van der Waals surface area contributed by atoms with Gasteiger partial charge in [-0.1, -0.05) is 6.07 Å². The van der Waals surface area contributed by atoms with Gasteiger partial charge in [0.15, 0.2) is 0 Å². The molecule has 7 nitrogen and oxygen atoms in total. The molecule has 0 fully saturated rings. The molecule has 1 aliphatic rings. The van der Waals surface area contributed by atoms with Crippen LogP contribution in [0.4, 0.5) is 5.69 Å². The number of hydrogen-bond acceptors (Lipinski definition) is 6. The Morgan fingerprint density at radius 2 is 2.19 bits per heavy atom. The van der Waals surface area contributed by atoms with E-state index < -0.39 is 5.97 Å². The second-order valence-corrected chi connectivity index (χ2v) is 7.42. The van der Waals surface area contributed by atoms with Crippen LogP contribution in [-0.2, 0) is 28.9 Å². The molecule has 1 N–H and O–H groups in total. The van der Waals surface area contributed by atoms with E-state index in [1.165, 1.54) is 28.9 Å². The fourth-order valence-corrected chi connectivity index (χ4v) is 4.55. The first-order valence-corrected chi connectivity index (χ1v) is 9.36. The van der Waals surface area contributed by atoms with Crippen molar-refractivity contribution in [3.8, 4) is 0 Å². The number of thiophene rings is 1. The van der Waals surface area contributed by atoms with E-state index in [0.717, 1.165) is 29.7 Å². The zero-order chi connectivity index (χ0) is 19.0. The maximum absolute atomic E-state index is 12.8. The number of aromatic nitrogens is 2. The first-order valence-electron chi connectivity index (χ1n) is 8.54. The molecule has 0 aliphatic heterocycles. The Labute approximate surface area is 158 Å². The number of esters is 1. The lowest BCUT2D eigenvalue weighted by Crippen LogP contribution is -2.28. The van der Waals surface area contributed by atoms with Gasteiger partial charge in [-0.05, 0) is 43.0 Å². The smallest absolute Gasteiger partial charge is 0.337 e. The largest absolute Gasteiger partial charge is 0.465 e. The molecule has 0 unspecified atom stereocenters. The van der Waals surface area contributed by atoms with Crippen molar-refractivity contribution in [1.82, 2.24) is 9.55 Å². The Bertz CT molecular complexity index is 1120. The lowest BCUT2D eigenvalue weighted by atomic mass is 10.2. The zero-order valence-electron chi connectivity index (χ0n) is 14.7. The molecule has 0 radical (unpaired) electrons. The van der Waals surface area contributed by atoms with Crippen molar-refractivity contribution in [2.45, 2.75) is 25.8 Å². The highest BCUT2D eigenvalue weighted by atomic mass is 32.1. The standard InChI is InChI=1S/C19H17N3O4S/c1-26-19(25)11-4-2-5-12(8-11)21-15(23)9-22-10-20-17-16(18(22)24)13-6-3-7-14(13)27-17/h2,4-5,8,10H,3,6-7,9H2,1H3,(H,21,23). The quantitative estimate of drug-likeness (QED) is 0.699. The molecule has 2 aromatic heterocycles. The summed E-state index contributed by atoms with van der Waals surface area (Å²) < 4.78 is 6.00. The van der Waals surface area contributed by atoms with Gasteiger partial charge in [0.1, 0.15) is 11.4 Å². The molecule has 2 heterocycles. The maximum atomic E-state index is 12.8. The summed E-state index contributed by atoms with van der Waals surface area (Å²) in [4.78, 5) is 43.1. The number of ether oxygens (including phenoxy) is 1. The molecule has 8 heteroatoms. The summed E-state index contributed by atoms with van der Waals surface area (Å²) >= 11 is 1.57. The number of rotatable bonds is 4. The van der Waals surface area contributed by atoms with Crippen LogP contribution in [0.5, 0.6) is 0 Å². The summed E-state index contributed by atoms with van der Waals surface area (Å²) in [5.74, 6) is -0.851. The number of carbonyl (C=O) groups excluding carboxylic acids is 2. The summed E-state index contributed by atoms with van der Waals surface area (Å²) in [5, 5.41) is 3.35. The average molecular weight is 383 g/mol. The Morgan fingerprint density at radius 1 is 1.33 bits per heavy atom. The van der Waals surface area contributed by atoms with Crippen molar-refractivity contribution in [3.63, 3.8) is 0 Å². The second kappa shape index (κ2) is 6.96. The van der Waals surface area contributed by atoms with Crippen LogP contribution in [0.1, 0.15) is 27.2 Å². The summed E-state index contributed by atoms with van der Waals surface area (Å²) in [6, 6.07) is 6.44. The van der Waals surface area contributed by atoms with Crippen molar-refractivity contribution >= 4 is 39.1 Å². The third kappa shape index (κ3) is 3.23. The lowest BCUT2D eigenvalue weighted by molar-refractivity contribution is -0.116. The number of amides is 1. The van der Waals surface area contributed by atoms with E-state index in [-0.39, 0.29) is 18.0 Å². The van der Waals surface area contributed by atoms with E-state index in [1.54, 1.807) is 29.5 Å². The number of aryl methyl sites for hydroxylation is 2. The van der Waals surface area contributed by atoms with Gasteiger partial charge in [0.2, 0.25) is 5.91 Å². The van der Waals surface area contributed by atoms with Crippen LogP contribution >= 0.6 is 11.3 Å². The average Bonchev–Trinajstić information content (AvgIpc) is 3.24. The topological polar surface area (TPSA) is 90.3 Å². The Kier molecular flexibility index (Phi) is 4.49. The van der Waals surface area contributed by atoms with Crippen LogP contribution in [0.3, 0.4) is 0 Å². The summed E-state index contributed by atoms with van der Waals surface area (Å²) in [6.45, 7) is -0.144. The lowest BCUT2D eigenvalue weighted by Gasteiger charge is -2.08. The predicted octanol–water partition coefficient (Wildman–Crippen LogP) is 2.37. The first-order chi connectivity index (χ1) is 13.1. The van der Waals surface area contributed by atoms with Crippen LogP contribution in [-0.4, -0.2) is 28.5 Å². The minimum atomic E-state index is -0.483. The number of hydrogen-bond donors (Lipinski definition) is 1. The molecule has 138 valence electrons. The first kappa shape index (κ1) is 17.4. The highest BCUT2D eigenvalue weighted by Crippen LogP contribution is 2.34. The Hall–Kier alpha value is -3.00. The van der Waals surface area contributed by atoms with Gasteiger partial charge in [0.25, 0.3) is 5.56 Å². The molecular weight excluding hydrogens is 366 g/mol. The van der Waals surface area contributed by atoms with Crippen LogP contribution in [0.25, 0.3) is 10.2 Å². The van der Waals surface area contributed by atoms with E-state index in [2.05, 4.69) is 15.0 Å². The zero-order valence-corrected chi connectivity index (χ0v) is 15.5. The second-order valence-electron chi connectivity index (χ2n) is 6.34. The summed E-state index contributed by atoms with van der Waals surface area (Å²) in [7, 11) is 1.30. The van der Waals surface area contributed by atoms with Crippen LogP contribution < -0.4 is 10.9 Å². The van der Waals surface area contributed by atoms with E-state index in [0.29, 0.717) is 16.6 Å². The van der Waals surface area contributed by atoms with Crippen LogP contribution in [0.2, 0.25) is 0 Å². The highest BCUT2D eigenvalue weighted by Gasteiger charge is 2.21. The van der Waals surface area contributed by atoms with Gasteiger partial charge in [-0.3, -0.25) is 14.2 Å². The molecule has 4 rings (SSSR count). The monoisotopic (exact) mass is 383 g/mol.